The van der Waals surface area contributed by atoms with Gasteiger partial charge in [-0.1, -0.05) is 6.92 Å². The maximum Gasteiger partial charge on any atom is 0.236 e. The number of ether oxygens (including phenoxy) is 1. The van der Waals surface area contributed by atoms with Crippen molar-refractivity contribution >= 4 is 5.91 Å². The third kappa shape index (κ3) is 4.92. The highest BCUT2D eigenvalue weighted by atomic mass is 16.5. The minimum atomic E-state index is 0.116. The lowest BCUT2D eigenvalue weighted by molar-refractivity contribution is -0.144. The van der Waals surface area contributed by atoms with Crippen LogP contribution in [0.25, 0.3) is 0 Å². The summed E-state index contributed by atoms with van der Waals surface area (Å²) in [5.41, 5.74) is 0. The first kappa shape index (κ1) is 15.4. The van der Waals surface area contributed by atoms with E-state index < -0.39 is 0 Å². The molecule has 106 valence electrons. The van der Waals surface area contributed by atoms with E-state index in [1.54, 1.807) is 0 Å². The van der Waals surface area contributed by atoms with Gasteiger partial charge in [-0.05, 0) is 26.8 Å². The van der Waals surface area contributed by atoms with Crippen molar-refractivity contribution in [2.24, 2.45) is 0 Å². The van der Waals surface area contributed by atoms with Crippen molar-refractivity contribution in [3.63, 3.8) is 0 Å². The predicted molar refractivity (Wildman–Crippen MR) is 70.4 cm³/mol. The first-order valence-corrected chi connectivity index (χ1v) is 6.83. The van der Waals surface area contributed by atoms with Gasteiger partial charge in [0, 0.05) is 26.2 Å². The average molecular weight is 258 g/mol. The van der Waals surface area contributed by atoms with E-state index >= 15 is 0 Å². The Hall–Kier alpha value is -0.650. The Morgan fingerprint density at radius 3 is 2.50 bits per heavy atom. The van der Waals surface area contributed by atoms with Crippen LogP contribution >= 0.6 is 0 Å². The number of rotatable bonds is 6. The highest BCUT2D eigenvalue weighted by Gasteiger charge is 2.26. The van der Waals surface area contributed by atoms with Crippen LogP contribution in [0, 0.1) is 0 Å². The quantitative estimate of drug-likeness (QED) is 0.746. The van der Waals surface area contributed by atoms with Crippen molar-refractivity contribution in [3.05, 3.63) is 0 Å². The normalized spacial score (nSPS) is 24.6. The lowest BCUT2D eigenvalue weighted by Gasteiger charge is -2.36. The molecule has 18 heavy (non-hydrogen) atoms. The lowest BCUT2D eigenvalue weighted by Crippen LogP contribution is -2.51. The lowest BCUT2D eigenvalue weighted by atomic mass is 10.2. The zero-order valence-corrected chi connectivity index (χ0v) is 11.8. The topological polar surface area (TPSA) is 53.0 Å². The summed E-state index contributed by atoms with van der Waals surface area (Å²) in [5, 5.41) is 8.82. The number of morpholine rings is 1. The molecule has 0 radical (unpaired) electrons. The van der Waals surface area contributed by atoms with Crippen LogP contribution in [0.15, 0.2) is 0 Å². The summed E-state index contributed by atoms with van der Waals surface area (Å²) in [7, 11) is 0. The largest absolute Gasteiger partial charge is 0.396 e. The molecule has 1 fully saturated rings. The molecule has 1 rings (SSSR count). The van der Waals surface area contributed by atoms with Gasteiger partial charge in [0.15, 0.2) is 0 Å². The van der Waals surface area contributed by atoms with Crippen LogP contribution in [0.2, 0.25) is 0 Å². The molecule has 2 unspecified atom stereocenters. The molecule has 0 aromatic carbocycles. The molecule has 1 N–H and O–H groups in total. The molecule has 1 saturated heterocycles. The molecule has 1 aliphatic rings. The van der Waals surface area contributed by atoms with Gasteiger partial charge < -0.3 is 14.7 Å². The number of hydrogen-bond acceptors (Lipinski definition) is 4. The van der Waals surface area contributed by atoms with E-state index in [1.165, 1.54) is 0 Å². The second kappa shape index (κ2) is 7.71. The van der Waals surface area contributed by atoms with Gasteiger partial charge in [0.1, 0.15) is 0 Å². The highest BCUT2D eigenvalue weighted by molar-refractivity contribution is 5.78. The van der Waals surface area contributed by atoms with Gasteiger partial charge >= 0.3 is 0 Å². The molecule has 0 saturated carbocycles. The highest BCUT2D eigenvalue weighted by Crippen LogP contribution is 2.11. The number of nitrogens with zero attached hydrogens (tertiary/aromatic N) is 2. The summed E-state index contributed by atoms with van der Waals surface area (Å²) in [6.07, 6.45) is 0.951. The molecular weight excluding hydrogens is 232 g/mol. The van der Waals surface area contributed by atoms with Crippen molar-refractivity contribution in [2.75, 3.05) is 39.3 Å². The van der Waals surface area contributed by atoms with Gasteiger partial charge in [0.2, 0.25) is 5.91 Å². The first-order chi connectivity index (χ1) is 8.56. The second-order valence-corrected chi connectivity index (χ2v) is 5.00. The van der Waals surface area contributed by atoms with Crippen molar-refractivity contribution in [3.8, 4) is 0 Å². The number of hydrogen-bond donors (Lipinski definition) is 1. The molecular formula is C13H26N2O3. The fourth-order valence-electron chi connectivity index (χ4n) is 2.32. The third-order valence-corrected chi connectivity index (χ3v) is 3.21. The fraction of sp³-hybridized carbons (Fsp3) is 0.923. The molecule has 0 aromatic rings. The fourth-order valence-corrected chi connectivity index (χ4v) is 2.32. The summed E-state index contributed by atoms with van der Waals surface area (Å²) >= 11 is 0. The van der Waals surface area contributed by atoms with Crippen LogP contribution in [0.3, 0.4) is 0 Å². The van der Waals surface area contributed by atoms with E-state index in [-0.39, 0.29) is 24.7 Å². The minimum absolute atomic E-state index is 0.116. The second-order valence-electron chi connectivity index (χ2n) is 5.00. The maximum absolute atomic E-state index is 12.2. The van der Waals surface area contributed by atoms with Crippen molar-refractivity contribution in [1.29, 1.82) is 0 Å². The van der Waals surface area contributed by atoms with E-state index in [0.717, 1.165) is 19.5 Å². The molecule has 0 aromatic heterocycles. The first-order valence-electron chi connectivity index (χ1n) is 6.83. The van der Waals surface area contributed by atoms with Gasteiger partial charge in [0.05, 0.1) is 18.8 Å². The maximum atomic E-state index is 12.2. The SMILES string of the molecule is CCN(CCCO)CC(=O)N1CC(C)OC(C)C1. The molecule has 5 nitrogen and oxygen atoms in total. The molecule has 1 aliphatic heterocycles. The van der Waals surface area contributed by atoms with E-state index in [1.807, 2.05) is 25.7 Å². The molecule has 2 atom stereocenters. The predicted octanol–water partition coefficient (Wildman–Crippen LogP) is 0.327. The van der Waals surface area contributed by atoms with Crippen LogP contribution in [-0.2, 0) is 9.53 Å². The zero-order valence-electron chi connectivity index (χ0n) is 11.8. The molecule has 1 heterocycles. The molecule has 0 spiro atoms. The Bertz CT molecular complexity index is 251. The van der Waals surface area contributed by atoms with Crippen molar-refractivity contribution in [1.82, 2.24) is 9.80 Å². The molecule has 1 amide bonds. The Morgan fingerprint density at radius 2 is 2.00 bits per heavy atom. The molecule has 0 aliphatic carbocycles. The van der Waals surface area contributed by atoms with Crippen molar-refractivity contribution < 1.29 is 14.6 Å². The number of likely N-dealkylation sites (N-methyl/N-ethyl adjacent to an activating group) is 1. The number of carbonyl (C=O) groups excluding carboxylic acids is 1. The van der Waals surface area contributed by atoms with Crippen LogP contribution in [0.5, 0.6) is 0 Å². The van der Waals surface area contributed by atoms with Gasteiger partial charge in [0.25, 0.3) is 0 Å². The summed E-state index contributed by atoms with van der Waals surface area (Å²) in [6, 6.07) is 0. The minimum Gasteiger partial charge on any atom is -0.396 e. The van der Waals surface area contributed by atoms with Gasteiger partial charge in [-0.3, -0.25) is 9.69 Å². The van der Waals surface area contributed by atoms with Crippen LogP contribution in [0.1, 0.15) is 27.2 Å². The summed E-state index contributed by atoms with van der Waals surface area (Å²) < 4.78 is 5.62. The number of aliphatic hydroxyl groups is 1. The number of amides is 1. The summed E-state index contributed by atoms with van der Waals surface area (Å²) in [4.78, 5) is 16.1. The van der Waals surface area contributed by atoms with E-state index in [9.17, 15) is 4.79 Å². The van der Waals surface area contributed by atoms with Gasteiger partial charge in [-0.25, -0.2) is 0 Å². The molecule has 5 heteroatoms. The zero-order chi connectivity index (χ0) is 13.5. The van der Waals surface area contributed by atoms with Crippen LogP contribution < -0.4 is 0 Å². The monoisotopic (exact) mass is 258 g/mol. The average Bonchev–Trinajstić information content (AvgIpc) is 2.32. The Labute approximate surface area is 110 Å². The van der Waals surface area contributed by atoms with Crippen LogP contribution in [0.4, 0.5) is 0 Å². The van der Waals surface area contributed by atoms with Gasteiger partial charge in [-0.15, -0.1) is 0 Å². The van der Waals surface area contributed by atoms with E-state index in [4.69, 9.17) is 9.84 Å². The van der Waals surface area contributed by atoms with Crippen molar-refractivity contribution in [2.45, 2.75) is 39.4 Å². The Morgan fingerprint density at radius 1 is 1.39 bits per heavy atom. The summed E-state index contributed by atoms with van der Waals surface area (Å²) in [6.45, 7) is 9.62. The number of carbonyl (C=O) groups is 1. The Balaban J connectivity index is 2.42. The van der Waals surface area contributed by atoms with Crippen LogP contribution in [-0.4, -0.2) is 72.4 Å². The standard InChI is InChI=1S/C13H26N2O3/c1-4-14(6-5-7-16)10-13(17)15-8-11(2)18-12(3)9-15/h11-12,16H,4-10H2,1-3H3. The summed E-state index contributed by atoms with van der Waals surface area (Å²) in [5.74, 6) is 0.164. The number of aliphatic hydroxyl groups excluding tert-OH is 1. The Kier molecular flexibility index (Phi) is 6.60. The van der Waals surface area contributed by atoms with Gasteiger partial charge in [-0.2, -0.15) is 0 Å². The van der Waals surface area contributed by atoms with E-state index in [2.05, 4.69) is 4.90 Å². The third-order valence-electron chi connectivity index (χ3n) is 3.21. The van der Waals surface area contributed by atoms with E-state index in [0.29, 0.717) is 19.6 Å². The molecule has 0 bridgehead atoms. The smallest absolute Gasteiger partial charge is 0.236 e.